The van der Waals surface area contributed by atoms with Gasteiger partial charge in [-0.3, -0.25) is 4.79 Å². The molecule has 0 aliphatic carbocycles. The van der Waals surface area contributed by atoms with Gasteiger partial charge in [0.15, 0.2) is 5.78 Å². The third-order valence-electron chi connectivity index (χ3n) is 3.39. The number of rotatable bonds is 3. The molecule has 0 atom stereocenters. The highest BCUT2D eigenvalue weighted by Crippen LogP contribution is 2.26. The maximum Gasteiger partial charge on any atom is 0.211 e. The van der Waals surface area contributed by atoms with E-state index in [2.05, 4.69) is 0 Å². The van der Waals surface area contributed by atoms with Crippen LogP contribution in [0.25, 0.3) is 0 Å². The second-order valence-electron chi connectivity index (χ2n) is 4.84. The van der Waals surface area contributed by atoms with Gasteiger partial charge >= 0.3 is 0 Å². The first kappa shape index (κ1) is 14.9. The van der Waals surface area contributed by atoms with E-state index >= 15 is 0 Å². The van der Waals surface area contributed by atoms with Crippen LogP contribution in [0.4, 0.5) is 10.1 Å². The Kier molecular flexibility index (Phi) is 4.10. The summed E-state index contributed by atoms with van der Waals surface area (Å²) in [5.41, 5.74) is 0.603. The highest BCUT2D eigenvalue weighted by molar-refractivity contribution is 7.88. The molecule has 0 N–H and O–H groups in total. The number of benzene rings is 1. The van der Waals surface area contributed by atoms with Crippen LogP contribution in [0.2, 0.25) is 0 Å². The van der Waals surface area contributed by atoms with Gasteiger partial charge in [-0.05, 0) is 19.1 Å². The van der Waals surface area contributed by atoms with Crippen molar-refractivity contribution in [1.82, 2.24) is 4.31 Å². The van der Waals surface area contributed by atoms with E-state index in [-0.39, 0.29) is 11.5 Å². The van der Waals surface area contributed by atoms with E-state index in [1.54, 1.807) is 11.0 Å². The topological polar surface area (TPSA) is 57.7 Å². The Hall–Kier alpha value is -1.47. The zero-order valence-electron chi connectivity index (χ0n) is 11.5. The van der Waals surface area contributed by atoms with Crippen LogP contribution >= 0.6 is 0 Å². The number of para-hydroxylation sites is 1. The van der Waals surface area contributed by atoms with Crippen LogP contribution in [0.1, 0.15) is 17.3 Å². The molecular weight excluding hydrogens is 283 g/mol. The number of ketones is 1. The molecule has 0 saturated carbocycles. The van der Waals surface area contributed by atoms with Crippen LogP contribution in [0.15, 0.2) is 18.2 Å². The van der Waals surface area contributed by atoms with E-state index < -0.39 is 15.8 Å². The van der Waals surface area contributed by atoms with Crippen molar-refractivity contribution in [3.05, 3.63) is 29.6 Å². The zero-order valence-corrected chi connectivity index (χ0v) is 12.3. The molecule has 1 fully saturated rings. The van der Waals surface area contributed by atoms with Gasteiger partial charge < -0.3 is 4.90 Å². The summed E-state index contributed by atoms with van der Waals surface area (Å²) in [5.74, 6) is -0.657. The van der Waals surface area contributed by atoms with E-state index in [4.69, 9.17) is 0 Å². The second kappa shape index (κ2) is 5.49. The Bertz CT molecular complexity index is 623. The van der Waals surface area contributed by atoms with E-state index in [1.807, 2.05) is 0 Å². The normalized spacial score (nSPS) is 17.2. The fourth-order valence-electron chi connectivity index (χ4n) is 2.36. The summed E-state index contributed by atoms with van der Waals surface area (Å²) in [6.07, 6.45) is 1.16. The molecule has 1 aromatic carbocycles. The van der Waals surface area contributed by atoms with Crippen molar-refractivity contribution in [3.8, 4) is 0 Å². The van der Waals surface area contributed by atoms with Crippen LogP contribution in [-0.2, 0) is 10.0 Å². The number of hydrogen-bond donors (Lipinski definition) is 0. The lowest BCUT2D eigenvalue weighted by atomic mass is 10.1. The van der Waals surface area contributed by atoms with Crippen LogP contribution in [0, 0.1) is 5.82 Å². The van der Waals surface area contributed by atoms with Crippen molar-refractivity contribution in [2.45, 2.75) is 6.92 Å². The monoisotopic (exact) mass is 300 g/mol. The van der Waals surface area contributed by atoms with Crippen LogP contribution < -0.4 is 4.90 Å². The maximum atomic E-state index is 14.0. The van der Waals surface area contributed by atoms with E-state index in [9.17, 15) is 17.6 Å². The minimum Gasteiger partial charge on any atom is -0.366 e. The Morgan fingerprint density at radius 1 is 1.20 bits per heavy atom. The first-order valence-electron chi connectivity index (χ1n) is 6.30. The number of sulfonamides is 1. The van der Waals surface area contributed by atoms with Crippen LogP contribution in [0.5, 0.6) is 0 Å². The molecule has 110 valence electrons. The van der Waals surface area contributed by atoms with Gasteiger partial charge in [-0.15, -0.1) is 0 Å². The number of anilines is 1. The molecule has 0 amide bonds. The first-order valence-corrected chi connectivity index (χ1v) is 8.15. The van der Waals surface area contributed by atoms with Crippen molar-refractivity contribution >= 4 is 21.5 Å². The van der Waals surface area contributed by atoms with Crippen LogP contribution in [-0.4, -0.2) is 50.9 Å². The predicted octanol–water partition coefficient (Wildman–Crippen LogP) is 1.11. The predicted molar refractivity (Wildman–Crippen MR) is 75.0 cm³/mol. The summed E-state index contributed by atoms with van der Waals surface area (Å²) in [7, 11) is -3.22. The van der Waals surface area contributed by atoms with Gasteiger partial charge in [0.25, 0.3) is 0 Å². The molecule has 7 heteroatoms. The van der Waals surface area contributed by atoms with Gasteiger partial charge in [0.1, 0.15) is 5.82 Å². The SMILES string of the molecule is CC(=O)c1cccc(F)c1N1CCN(S(C)(=O)=O)CC1. The number of Topliss-reactive ketones (excluding diaryl/α,β-unsaturated/α-hetero) is 1. The number of hydrogen-bond acceptors (Lipinski definition) is 4. The molecule has 2 rings (SSSR count). The fraction of sp³-hybridized carbons (Fsp3) is 0.462. The summed E-state index contributed by atoms with van der Waals surface area (Å²) in [6, 6.07) is 4.40. The summed E-state index contributed by atoms with van der Waals surface area (Å²) in [4.78, 5) is 13.3. The molecule has 0 unspecified atom stereocenters. The smallest absolute Gasteiger partial charge is 0.211 e. The number of nitrogens with zero attached hydrogens (tertiary/aromatic N) is 2. The largest absolute Gasteiger partial charge is 0.366 e. The van der Waals surface area contributed by atoms with Gasteiger partial charge in [0.2, 0.25) is 10.0 Å². The third-order valence-corrected chi connectivity index (χ3v) is 4.69. The molecule has 5 nitrogen and oxygen atoms in total. The molecule has 0 radical (unpaired) electrons. The maximum absolute atomic E-state index is 14.0. The van der Waals surface area contributed by atoms with Crippen molar-refractivity contribution < 1.29 is 17.6 Å². The molecule has 1 saturated heterocycles. The molecule has 1 aromatic rings. The lowest BCUT2D eigenvalue weighted by molar-refractivity contribution is 0.101. The lowest BCUT2D eigenvalue weighted by Gasteiger charge is -2.35. The molecular formula is C13H17FN2O3S. The second-order valence-corrected chi connectivity index (χ2v) is 6.82. The molecule has 1 heterocycles. The zero-order chi connectivity index (χ0) is 14.9. The Balaban J connectivity index is 2.25. The number of carbonyl (C=O) groups excluding carboxylic acids is 1. The number of halogens is 1. The van der Waals surface area contributed by atoms with Gasteiger partial charge in [0, 0.05) is 31.7 Å². The van der Waals surface area contributed by atoms with E-state index in [0.29, 0.717) is 31.7 Å². The average molecular weight is 300 g/mol. The molecule has 0 aromatic heterocycles. The molecule has 0 spiro atoms. The van der Waals surface area contributed by atoms with Crippen molar-refractivity contribution in [2.75, 3.05) is 37.3 Å². The Labute approximate surface area is 118 Å². The summed E-state index contributed by atoms with van der Waals surface area (Å²) in [5, 5.41) is 0. The van der Waals surface area contributed by atoms with Crippen LogP contribution in [0.3, 0.4) is 0 Å². The molecule has 20 heavy (non-hydrogen) atoms. The summed E-state index contributed by atoms with van der Waals surface area (Å²) >= 11 is 0. The standard InChI is InChI=1S/C13H17FN2O3S/c1-10(17)11-4-3-5-12(14)13(11)15-6-8-16(9-7-15)20(2,18)19/h3-5H,6-9H2,1-2H3. The minimum absolute atomic E-state index is 0.204. The molecule has 1 aliphatic rings. The lowest BCUT2D eigenvalue weighted by Crippen LogP contribution is -2.48. The summed E-state index contributed by atoms with van der Waals surface area (Å²) in [6.45, 7) is 2.72. The molecule has 0 bridgehead atoms. The Morgan fingerprint density at radius 3 is 2.30 bits per heavy atom. The van der Waals surface area contributed by atoms with Gasteiger partial charge in [-0.1, -0.05) is 6.07 Å². The van der Waals surface area contributed by atoms with Crippen molar-refractivity contribution in [1.29, 1.82) is 0 Å². The van der Waals surface area contributed by atoms with E-state index in [0.717, 1.165) is 6.26 Å². The third kappa shape index (κ3) is 2.99. The highest BCUT2D eigenvalue weighted by atomic mass is 32.2. The van der Waals surface area contributed by atoms with Gasteiger partial charge in [0.05, 0.1) is 11.9 Å². The molecule has 1 aliphatic heterocycles. The number of carbonyl (C=O) groups is 1. The number of piperazine rings is 1. The van der Waals surface area contributed by atoms with Gasteiger partial charge in [-0.2, -0.15) is 4.31 Å². The van der Waals surface area contributed by atoms with Crippen molar-refractivity contribution in [3.63, 3.8) is 0 Å². The average Bonchev–Trinajstić information content (AvgIpc) is 2.37. The van der Waals surface area contributed by atoms with E-state index in [1.165, 1.54) is 23.4 Å². The highest BCUT2D eigenvalue weighted by Gasteiger charge is 2.26. The fourth-order valence-corrected chi connectivity index (χ4v) is 3.19. The Morgan fingerprint density at radius 2 is 1.80 bits per heavy atom. The first-order chi connectivity index (χ1) is 9.30. The summed E-state index contributed by atoms with van der Waals surface area (Å²) < 4.78 is 38.3. The van der Waals surface area contributed by atoms with Crippen molar-refractivity contribution in [2.24, 2.45) is 0 Å². The minimum atomic E-state index is -3.22. The quantitative estimate of drug-likeness (QED) is 0.785. The van der Waals surface area contributed by atoms with Gasteiger partial charge in [-0.25, -0.2) is 12.8 Å².